The highest BCUT2D eigenvalue weighted by Gasteiger charge is 2.27. The van der Waals surface area contributed by atoms with E-state index < -0.39 is 0 Å². The van der Waals surface area contributed by atoms with Gasteiger partial charge in [0.2, 0.25) is 0 Å². The molecule has 1 aromatic carbocycles. The summed E-state index contributed by atoms with van der Waals surface area (Å²) in [6, 6.07) is 4.68. The number of benzene rings is 1. The van der Waals surface area contributed by atoms with Crippen molar-refractivity contribution in [2.45, 2.75) is 31.3 Å². The molecule has 2 aromatic rings. The number of epoxide rings is 1. The minimum Gasteiger partial charge on any atom is -0.373 e. The lowest BCUT2D eigenvalue weighted by atomic mass is 9.91. The van der Waals surface area contributed by atoms with Crippen molar-refractivity contribution in [3.8, 4) is 0 Å². The Kier molecular flexibility index (Phi) is 3.39. The smallest absolute Gasteiger partial charge is 0.170 e. The second-order valence-electron chi connectivity index (χ2n) is 6.07. The molecule has 2 aliphatic heterocycles. The molecule has 0 amide bonds. The summed E-state index contributed by atoms with van der Waals surface area (Å²) < 4.78 is 23.7. The Labute approximate surface area is 122 Å². The summed E-state index contributed by atoms with van der Waals surface area (Å²) in [4.78, 5) is 2.50. The zero-order valence-electron chi connectivity index (χ0n) is 11.9. The fourth-order valence-electron chi connectivity index (χ4n) is 3.22. The molecule has 4 nitrogen and oxygen atoms in total. The molecule has 2 fully saturated rings. The van der Waals surface area contributed by atoms with Crippen LogP contribution >= 0.6 is 0 Å². The monoisotopic (exact) mass is 290 g/mol. The third-order valence-electron chi connectivity index (χ3n) is 4.61. The lowest BCUT2D eigenvalue weighted by molar-refractivity contribution is 0.200. The van der Waals surface area contributed by atoms with Gasteiger partial charge in [0.1, 0.15) is 5.82 Å². The zero-order valence-corrected chi connectivity index (χ0v) is 11.9. The van der Waals surface area contributed by atoms with Crippen LogP contribution in [-0.2, 0) is 4.74 Å². The Morgan fingerprint density at radius 2 is 2.10 bits per heavy atom. The fraction of sp³-hybridized carbons (Fsp3) is 0.562. The van der Waals surface area contributed by atoms with E-state index in [-0.39, 0.29) is 5.82 Å². The standard InChI is InChI=1S/C16H19FN2O2/c17-12-1-2-14-15(9-12)21-18-16(14)11-3-6-19(7-4-11)8-5-13-10-20-13/h1-2,9,11,13H,3-8,10H2. The van der Waals surface area contributed by atoms with Crippen LogP contribution in [0.5, 0.6) is 0 Å². The second kappa shape index (κ2) is 5.39. The van der Waals surface area contributed by atoms with Crippen molar-refractivity contribution in [1.29, 1.82) is 0 Å². The van der Waals surface area contributed by atoms with Gasteiger partial charge in [-0.3, -0.25) is 0 Å². The predicted molar refractivity (Wildman–Crippen MR) is 76.7 cm³/mol. The molecule has 1 unspecified atom stereocenters. The van der Waals surface area contributed by atoms with Gasteiger partial charge in [0.25, 0.3) is 0 Å². The molecule has 4 rings (SSSR count). The average molecular weight is 290 g/mol. The maximum atomic E-state index is 13.2. The Hall–Kier alpha value is -1.46. The predicted octanol–water partition coefficient (Wildman–Crippen LogP) is 2.94. The first-order chi connectivity index (χ1) is 10.3. The van der Waals surface area contributed by atoms with Gasteiger partial charge in [0.15, 0.2) is 5.58 Å². The third kappa shape index (κ3) is 2.80. The molecular weight excluding hydrogens is 271 g/mol. The molecule has 0 saturated carbocycles. The van der Waals surface area contributed by atoms with Gasteiger partial charge in [-0.25, -0.2) is 4.39 Å². The first kappa shape index (κ1) is 13.2. The van der Waals surface area contributed by atoms with Gasteiger partial charge in [-0.15, -0.1) is 0 Å². The molecule has 0 bridgehead atoms. The van der Waals surface area contributed by atoms with Crippen LogP contribution in [0.3, 0.4) is 0 Å². The lowest BCUT2D eigenvalue weighted by Gasteiger charge is -2.30. The molecule has 0 spiro atoms. The second-order valence-corrected chi connectivity index (χ2v) is 6.07. The van der Waals surface area contributed by atoms with Crippen LogP contribution in [-0.4, -0.2) is 42.4 Å². The first-order valence-electron chi connectivity index (χ1n) is 7.68. The number of halogens is 1. The van der Waals surface area contributed by atoms with Gasteiger partial charge in [-0.2, -0.15) is 0 Å². The highest BCUT2D eigenvalue weighted by Crippen LogP contribution is 2.32. The molecule has 2 saturated heterocycles. The number of fused-ring (bicyclic) bond motifs is 1. The van der Waals surface area contributed by atoms with Crippen LogP contribution < -0.4 is 0 Å². The van der Waals surface area contributed by atoms with Crippen molar-refractivity contribution in [3.63, 3.8) is 0 Å². The van der Waals surface area contributed by atoms with Gasteiger partial charge in [-0.05, 0) is 44.5 Å². The Morgan fingerprint density at radius 1 is 1.29 bits per heavy atom. The summed E-state index contributed by atoms with van der Waals surface area (Å²) in [7, 11) is 0. The van der Waals surface area contributed by atoms with Gasteiger partial charge in [0.05, 0.1) is 18.4 Å². The molecule has 0 aliphatic carbocycles. The number of nitrogens with zero attached hydrogens (tertiary/aromatic N) is 2. The minimum absolute atomic E-state index is 0.276. The Bertz CT molecular complexity index is 630. The van der Waals surface area contributed by atoms with Crippen molar-refractivity contribution in [2.75, 3.05) is 26.2 Å². The zero-order chi connectivity index (χ0) is 14.2. The molecule has 2 aliphatic rings. The Morgan fingerprint density at radius 3 is 2.86 bits per heavy atom. The van der Waals surface area contributed by atoms with E-state index in [4.69, 9.17) is 9.26 Å². The quantitative estimate of drug-likeness (QED) is 0.812. The normalized spacial score (nSPS) is 23.8. The maximum absolute atomic E-state index is 13.2. The van der Waals surface area contributed by atoms with E-state index in [2.05, 4.69) is 10.1 Å². The van der Waals surface area contributed by atoms with Gasteiger partial charge < -0.3 is 14.2 Å². The molecule has 0 N–H and O–H groups in total. The summed E-state index contributed by atoms with van der Waals surface area (Å²) in [5.41, 5.74) is 1.55. The molecule has 0 radical (unpaired) electrons. The molecule has 21 heavy (non-hydrogen) atoms. The number of likely N-dealkylation sites (tertiary alicyclic amines) is 1. The van der Waals surface area contributed by atoms with Gasteiger partial charge >= 0.3 is 0 Å². The summed E-state index contributed by atoms with van der Waals surface area (Å²) in [5.74, 6) is 0.146. The fourth-order valence-corrected chi connectivity index (χ4v) is 3.22. The molecule has 112 valence electrons. The van der Waals surface area contributed by atoms with Crippen molar-refractivity contribution in [2.24, 2.45) is 0 Å². The van der Waals surface area contributed by atoms with Gasteiger partial charge in [0, 0.05) is 23.9 Å². The number of piperidine rings is 1. The number of aromatic nitrogens is 1. The SMILES string of the molecule is Fc1ccc2c(C3CCN(CCC4CO4)CC3)noc2c1. The van der Waals surface area contributed by atoms with Crippen LogP contribution in [0.15, 0.2) is 22.7 Å². The highest BCUT2D eigenvalue weighted by molar-refractivity contribution is 5.79. The summed E-state index contributed by atoms with van der Waals surface area (Å²) in [6.07, 6.45) is 3.84. The number of rotatable bonds is 4. The number of hydrogen-bond donors (Lipinski definition) is 0. The van der Waals surface area contributed by atoms with Crippen LogP contribution in [0, 0.1) is 5.82 Å². The molecular formula is C16H19FN2O2. The van der Waals surface area contributed by atoms with E-state index in [1.165, 1.54) is 12.1 Å². The third-order valence-corrected chi connectivity index (χ3v) is 4.61. The highest BCUT2D eigenvalue weighted by atomic mass is 19.1. The maximum Gasteiger partial charge on any atom is 0.170 e. The van der Waals surface area contributed by atoms with Crippen LogP contribution in [0.4, 0.5) is 4.39 Å². The molecule has 1 atom stereocenters. The Balaban J connectivity index is 1.42. The van der Waals surface area contributed by atoms with E-state index in [1.807, 2.05) is 0 Å². The van der Waals surface area contributed by atoms with E-state index in [9.17, 15) is 4.39 Å². The largest absolute Gasteiger partial charge is 0.373 e. The molecule has 5 heteroatoms. The molecule has 3 heterocycles. The minimum atomic E-state index is -0.276. The summed E-state index contributed by atoms with van der Waals surface area (Å²) in [5, 5.41) is 5.15. The van der Waals surface area contributed by atoms with Crippen molar-refractivity contribution in [1.82, 2.24) is 10.1 Å². The van der Waals surface area contributed by atoms with E-state index >= 15 is 0 Å². The van der Waals surface area contributed by atoms with Gasteiger partial charge in [-0.1, -0.05) is 5.16 Å². The first-order valence-corrected chi connectivity index (χ1v) is 7.68. The summed E-state index contributed by atoms with van der Waals surface area (Å²) >= 11 is 0. The average Bonchev–Trinajstić information content (AvgIpc) is 3.24. The summed E-state index contributed by atoms with van der Waals surface area (Å²) in [6.45, 7) is 4.25. The van der Waals surface area contributed by atoms with Crippen molar-refractivity contribution < 1.29 is 13.7 Å². The van der Waals surface area contributed by atoms with E-state index in [0.29, 0.717) is 17.6 Å². The van der Waals surface area contributed by atoms with Crippen LogP contribution in [0.2, 0.25) is 0 Å². The number of hydrogen-bond acceptors (Lipinski definition) is 4. The van der Waals surface area contributed by atoms with Crippen LogP contribution in [0.25, 0.3) is 11.0 Å². The van der Waals surface area contributed by atoms with E-state index in [0.717, 1.165) is 56.6 Å². The van der Waals surface area contributed by atoms with Crippen molar-refractivity contribution >= 4 is 11.0 Å². The molecule has 1 aromatic heterocycles. The van der Waals surface area contributed by atoms with Crippen molar-refractivity contribution in [3.05, 3.63) is 29.7 Å². The number of ether oxygens (including phenoxy) is 1. The lowest BCUT2D eigenvalue weighted by Crippen LogP contribution is -2.34. The van der Waals surface area contributed by atoms with Crippen LogP contribution in [0.1, 0.15) is 30.9 Å². The topological polar surface area (TPSA) is 41.8 Å². The van der Waals surface area contributed by atoms with E-state index in [1.54, 1.807) is 6.07 Å².